The quantitative estimate of drug-likeness (QED) is 0.918. The fraction of sp³-hybridized carbons (Fsp3) is 0.588. The smallest absolute Gasteiger partial charge is 0.317 e. The van der Waals surface area contributed by atoms with Crippen LogP contribution in [0.15, 0.2) is 24.3 Å². The van der Waals surface area contributed by atoms with Crippen LogP contribution in [0.5, 0.6) is 0 Å². The second-order valence-corrected chi connectivity index (χ2v) is 6.54. The number of hydrogen-bond acceptors (Lipinski definition) is 3. The van der Waals surface area contributed by atoms with E-state index in [9.17, 15) is 4.79 Å². The lowest BCUT2D eigenvalue weighted by molar-refractivity contribution is 0.0165. The predicted molar refractivity (Wildman–Crippen MR) is 90.8 cm³/mol. The number of rotatable bonds is 4. The molecule has 2 heterocycles. The van der Waals surface area contributed by atoms with E-state index < -0.39 is 0 Å². The van der Waals surface area contributed by atoms with Gasteiger partial charge >= 0.3 is 6.03 Å². The summed E-state index contributed by atoms with van der Waals surface area (Å²) in [4.78, 5) is 16.5. The van der Waals surface area contributed by atoms with Crippen LogP contribution in [0.4, 0.5) is 4.79 Å². The van der Waals surface area contributed by atoms with Crippen molar-refractivity contribution < 1.29 is 9.53 Å². The summed E-state index contributed by atoms with van der Waals surface area (Å²) in [5, 5.41) is 3.83. The molecule has 0 aliphatic carbocycles. The van der Waals surface area contributed by atoms with Gasteiger partial charge in [0, 0.05) is 37.7 Å². The topological polar surface area (TPSA) is 44.8 Å². The zero-order chi connectivity index (χ0) is 16.1. The first kappa shape index (κ1) is 16.6. The summed E-state index contributed by atoms with van der Waals surface area (Å²) in [5.41, 5.74) is 1.14. The molecule has 1 aromatic rings. The van der Waals surface area contributed by atoms with E-state index in [1.165, 1.54) is 0 Å². The van der Waals surface area contributed by atoms with Gasteiger partial charge in [0.05, 0.1) is 19.3 Å². The van der Waals surface area contributed by atoms with Crippen LogP contribution in [0.25, 0.3) is 0 Å². The Labute approximate surface area is 142 Å². The molecule has 1 N–H and O–H groups in total. The highest BCUT2D eigenvalue weighted by molar-refractivity contribution is 6.30. The van der Waals surface area contributed by atoms with Gasteiger partial charge in [-0.25, -0.2) is 4.79 Å². The molecule has 0 saturated carbocycles. The van der Waals surface area contributed by atoms with Crippen LogP contribution >= 0.6 is 11.6 Å². The third kappa shape index (κ3) is 4.37. The van der Waals surface area contributed by atoms with E-state index in [-0.39, 0.29) is 12.1 Å². The number of nitrogens with zero attached hydrogens (tertiary/aromatic N) is 2. The number of likely N-dealkylation sites (tertiary alicyclic amines) is 1. The third-order valence-corrected chi connectivity index (χ3v) is 4.79. The zero-order valence-corrected chi connectivity index (χ0v) is 14.1. The molecule has 2 saturated heterocycles. The molecule has 2 aliphatic heterocycles. The minimum absolute atomic E-state index is 0.0442. The normalized spacial score (nSPS) is 20.5. The van der Waals surface area contributed by atoms with Crippen molar-refractivity contribution in [3.63, 3.8) is 0 Å². The molecular weight excluding hydrogens is 314 g/mol. The molecule has 6 heteroatoms. The third-order valence-electron chi connectivity index (χ3n) is 4.56. The van der Waals surface area contributed by atoms with Crippen LogP contribution in [0, 0.1) is 0 Å². The van der Waals surface area contributed by atoms with E-state index in [1.807, 2.05) is 23.1 Å². The Balaban J connectivity index is 1.68. The predicted octanol–water partition coefficient (Wildman–Crippen LogP) is 2.52. The molecule has 23 heavy (non-hydrogen) atoms. The van der Waals surface area contributed by atoms with Crippen molar-refractivity contribution in [3.05, 3.63) is 34.9 Å². The van der Waals surface area contributed by atoms with E-state index in [1.54, 1.807) is 0 Å². The summed E-state index contributed by atoms with van der Waals surface area (Å²) in [6, 6.07) is 8.09. The minimum Gasteiger partial charge on any atom is -0.379 e. The summed E-state index contributed by atoms with van der Waals surface area (Å²) in [5.74, 6) is 0. The molecule has 2 aliphatic rings. The molecule has 0 bridgehead atoms. The summed E-state index contributed by atoms with van der Waals surface area (Å²) in [6.45, 7) is 5.54. The maximum atomic E-state index is 12.3. The van der Waals surface area contributed by atoms with Crippen LogP contribution < -0.4 is 5.32 Å². The van der Waals surface area contributed by atoms with Crippen molar-refractivity contribution in [3.8, 4) is 0 Å². The SMILES string of the molecule is O=C(NC[C@H](c1cccc(Cl)c1)N1CCOCC1)N1CCCC1. The number of urea groups is 1. The van der Waals surface area contributed by atoms with Gasteiger partial charge in [-0.2, -0.15) is 0 Å². The molecule has 2 amide bonds. The van der Waals surface area contributed by atoms with Crippen LogP contribution in [-0.2, 0) is 4.74 Å². The van der Waals surface area contributed by atoms with E-state index in [2.05, 4.69) is 16.3 Å². The standard InChI is InChI=1S/C17H24ClN3O2/c18-15-5-3-4-14(12-15)16(20-8-10-23-11-9-20)13-19-17(22)21-6-1-2-7-21/h3-5,12,16H,1-2,6-11,13H2,(H,19,22)/t16-/m1/s1. The lowest BCUT2D eigenvalue weighted by atomic mass is 10.0. The van der Waals surface area contributed by atoms with E-state index >= 15 is 0 Å². The molecular formula is C17H24ClN3O2. The number of nitrogens with one attached hydrogen (secondary N) is 1. The molecule has 1 aromatic carbocycles. The van der Waals surface area contributed by atoms with Gasteiger partial charge < -0.3 is 15.0 Å². The number of benzene rings is 1. The Kier molecular flexibility index (Phi) is 5.75. The number of morpholine rings is 1. The lowest BCUT2D eigenvalue weighted by Crippen LogP contribution is -2.46. The average molecular weight is 338 g/mol. The maximum Gasteiger partial charge on any atom is 0.317 e. The van der Waals surface area contributed by atoms with Crippen molar-refractivity contribution in [2.45, 2.75) is 18.9 Å². The van der Waals surface area contributed by atoms with Crippen molar-refractivity contribution in [2.24, 2.45) is 0 Å². The first-order valence-electron chi connectivity index (χ1n) is 8.34. The Morgan fingerprint density at radius 3 is 2.65 bits per heavy atom. The molecule has 3 rings (SSSR count). The van der Waals surface area contributed by atoms with Gasteiger partial charge in [0.2, 0.25) is 0 Å². The monoisotopic (exact) mass is 337 g/mol. The molecule has 0 unspecified atom stereocenters. The number of carbonyl (C=O) groups excluding carboxylic acids is 1. The largest absolute Gasteiger partial charge is 0.379 e. The van der Waals surface area contributed by atoms with E-state index in [4.69, 9.17) is 16.3 Å². The first-order valence-corrected chi connectivity index (χ1v) is 8.72. The highest BCUT2D eigenvalue weighted by Crippen LogP contribution is 2.24. The average Bonchev–Trinajstić information content (AvgIpc) is 3.10. The molecule has 5 nitrogen and oxygen atoms in total. The van der Waals surface area contributed by atoms with Crippen LogP contribution in [0.3, 0.4) is 0 Å². The minimum atomic E-state index is 0.0442. The maximum absolute atomic E-state index is 12.3. The van der Waals surface area contributed by atoms with Gasteiger partial charge in [-0.15, -0.1) is 0 Å². The number of amides is 2. The van der Waals surface area contributed by atoms with Crippen molar-refractivity contribution in [1.29, 1.82) is 0 Å². The van der Waals surface area contributed by atoms with Crippen LogP contribution in [-0.4, -0.2) is 61.8 Å². The fourth-order valence-corrected chi connectivity index (χ4v) is 3.48. The van der Waals surface area contributed by atoms with E-state index in [0.29, 0.717) is 6.54 Å². The van der Waals surface area contributed by atoms with E-state index in [0.717, 1.165) is 62.8 Å². The molecule has 0 radical (unpaired) electrons. The lowest BCUT2D eigenvalue weighted by Gasteiger charge is -2.35. The number of carbonyl (C=O) groups is 1. The van der Waals surface area contributed by atoms with Crippen molar-refractivity contribution in [1.82, 2.24) is 15.1 Å². The molecule has 2 fully saturated rings. The van der Waals surface area contributed by atoms with Crippen molar-refractivity contribution in [2.75, 3.05) is 45.9 Å². The fourth-order valence-electron chi connectivity index (χ4n) is 3.28. The summed E-state index contributed by atoms with van der Waals surface area (Å²) in [7, 11) is 0. The summed E-state index contributed by atoms with van der Waals surface area (Å²) < 4.78 is 5.45. The van der Waals surface area contributed by atoms with Gasteiger partial charge in [-0.05, 0) is 30.5 Å². The Morgan fingerprint density at radius 2 is 1.96 bits per heavy atom. The summed E-state index contributed by atoms with van der Waals surface area (Å²) in [6.07, 6.45) is 2.21. The highest BCUT2D eigenvalue weighted by atomic mass is 35.5. The molecule has 126 valence electrons. The molecule has 0 spiro atoms. The Bertz CT molecular complexity index is 528. The molecule has 0 aromatic heterocycles. The van der Waals surface area contributed by atoms with Crippen LogP contribution in [0.2, 0.25) is 5.02 Å². The van der Waals surface area contributed by atoms with Gasteiger partial charge in [0.1, 0.15) is 0 Å². The van der Waals surface area contributed by atoms with Gasteiger partial charge in [-0.3, -0.25) is 4.90 Å². The first-order chi connectivity index (χ1) is 11.2. The van der Waals surface area contributed by atoms with Gasteiger partial charge in [0.15, 0.2) is 0 Å². The van der Waals surface area contributed by atoms with Gasteiger partial charge in [0.25, 0.3) is 0 Å². The number of halogens is 1. The highest BCUT2D eigenvalue weighted by Gasteiger charge is 2.25. The molecule has 1 atom stereocenters. The number of hydrogen-bond donors (Lipinski definition) is 1. The second-order valence-electron chi connectivity index (χ2n) is 6.10. The van der Waals surface area contributed by atoms with Crippen molar-refractivity contribution >= 4 is 17.6 Å². The van der Waals surface area contributed by atoms with Gasteiger partial charge in [-0.1, -0.05) is 23.7 Å². The Morgan fingerprint density at radius 1 is 1.22 bits per heavy atom. The second kappa shape index (κ2) is 7.99. The Hall–Kier alpha value is -1.30. The number of ether oxygens (including phenoxy) is 1. The van der Waals surface area contributed by atoms with Crippen LogP contribution in [0.1, 0.15) is 24.4 Å². The summed E-state index contributed by atoms with van der Waals surface area (Å²) >= 11 is 6.16. The zero-order valence-electron chi connectivity index (χ0n) is 13.3.